The van der Waals surface area contributed by atoms with Gasteiger partial charge in [0.25, 0.3) is 0 Å². The molecule has 18 heavy (non-hydrogen) atoms. The lowest BCUT2D eigenvalue weighted by atomic mass is 10.1. The average Bonchev–Trinajstić information content (AvgIpc) is 2.56. The summed E-state index contributed by atoms with van der Waals surface area (Å²) in [6.45, 7) is 0.255. The van der Waals surface area contributed by atoms with E-state index in [9.17, 15) is 13.9 Å². The zero-order chi connectivity index (χ0) is 13.0. The molecule has 4 heteroatoms. The molecule has 100 valence electrons. The lowest BCUT2D eigenvalue weighted by Gasteiger charge is -2.22. The van der Waals surface area contributed by atoms with E-state index in [1.54, 1.807) is 6.07 Å². The first-order valence-corrected chi connectivity index (χ1v) is 6.53. The molecule has 0 aromatic heterocycles. The van der Waals surface area contributed by atoms with Crippen LogP contribution in [0.5, 0.6) is 0 Å². The Morgan fingerprint density at radius 2 is 1.94 bits per heavy atom. The van der Waals surface area contributed by atoms with Crippen molar-refractivity contribution in [2.24, 2.45) is 0 Å². The van der Waals surface area contributed by atoms with Gasteiger partial charge < -0.3 is 10.4 Å². The van der Waals surface area contributed by atoms with Gasteiger partial charge in [-0.1, -0.05) is 31.4 Å². The molecule has 1 aliphatic carbocycles. The fourth-order valence-corrected chi connectivity index (χ4v) is 2.45. The molecule has 0 radical (unpaired) electrons. The third-order valence-corrected chi connectivity index (χ3v) is 3.57. The Bertz CT molecular complexity index is 397. The molecule has 0 aliphatic heterocycles. The molecule has 1 saturated carbocycles. The highest BCUT2D eigenvalue weighted by Crippen LogP contribution is 2.19. The summed E-state index contributed by atoms with van der Waals surface area (Å²) in [6, 6.07) is 4.16. The number of aliphatic hydroxyl groups is 1. The minimum absolute atomic E-state index is 0.0184. The topological polar surface area (TPSA) is 32.3 Å². The van der Waals surface area contributed by atoms with Gasteiger partial charge in [0, 0.05) is 18.2 Å². The van der Waals surface area contributed by atoms with Crippen LogP contribution in [-0.4, -0.2) is 17.3 Å². The van der Waals surface area contributed by atoms with E-state index >= 15 is 0 Å². The van der Waals surface area contributed by atoms with Crippen LogP contribution in [0.2, 0.25) is 0 Å². The molecule has 1 fully saturated rings. The number of rotatable bonds is 3. The van der Waals surface area contributed by atoms with Gasteiger partial charge in [-0.25, -0.2) is 8.78 Å². The quantitative estimate of drug-likeness (QED) is 0.814. The van der Waals surface area contributed by atoms with Gasteiger partial charge in [-0.15, -0.1) is 0 Å². The fraction of sp³-hybridized carbons (Fsp3) is 0.571. The second-order valence-corrected chi connectivity index (χ2v) is 4.91. The van der Waals surface area contributed by atoms with Crippen molar-refractivity contribution in [3.8, 4) is 0 Å². The monoisotopic (exact) mass is 255 g/mol. The van der Waals surface area contributed by atoms with Crippen molar-refractivity contribution in [3.05, 3.63) is 35.4 Å². The lowest BCUT2D eigenvalue weighted by molar-refractivity contribution is 0.119. The van der Waals surface area contributed by atoms with Gasteiger partial charge in [-0.3, -0.25) is 0 Å². The number of hydrogen-bond acceptors (Lipinski definition) is 2. The van der Waals surface area contributed by atoms with E-state index in [0.717, 1.165) is 38.2 Å². The highest BCUT2D eigenvalue weighted by Gasteiger charge is 2.21. The van der Waals surface area contributed by atoms with E-state index in [-0.39, 0.29) is 18.7 Å². The van der Waals surface area contributed by atoms with Crippen LogP contribution in [0.15, 0.2) is 18.2 Å². The summed E-state index contributed by atoms with van der Waals surface area (Å²) in [5.74, 6) is -1.62. The standard InChI is InChI=1S/C14H19F2NO/c15-11-6-4-5-10(14(11)16)9-17-12-7-2-1-3-8-13(12)18/h4-6,12-13,17-18H,1-3,7-9H2. The molecule has 2 atom stereocenters. The molecule has 2 N–H and O–H groups in total. The van der Waals surface area contributed by atoms with Crippen LogP contribution in [0, 0.1) is 11.6 Å². The van der Waals surface area contributed by atoms with Gasteiger partial charge in [-0.2, -0.15) is 0 Å². The molecule has 0 bridgehead atoms. The maximum Gasteiger partial charge on any atom is 0.163 e. The molecule has 0 saturated heterocycles. The predicted molar refractivity (Wildman–Crippen MR) is 66.1 cm³/mol. The molecule has 2 rings (SSSR count). The molecule has 2 nitrogen and oxygen atoms in total. The van der Waals surface area contributed by atoms with Crippen molar-refractivity contribution in [3.63, 3.8) is 0 Å². The first-order valence-electron chi connectivity index (χ1n) is 6.53. The minimum atomic E-state index is -0.823. The van der Waals surface area contributed by atoms with Crippen molar-refractivity contribution in [2.75, 3.05) is 0 Å². The zero-order valence-electron chi connectivity index (χ0n) is 10.3. The van der Waals surface area contributed by atoms with Crippen LogP contribution < -0.4 is 5.32 Å². The highest BCUT2D eigenvalue weighted by atomic mass is 19.2. The molecule has 2 unspecified atom stereocenters. The van der Waals surface area contributed by atoms with Gasteiger partial charge in [-0.05, 0) is 18.9 Å². The van der Waals surface area contributed by atoms with Crippen LogP contribution in [0.1, 0.15) is 37.7 Å². The maximum absolute atomic E-state index is 13.5. The number of benzene rings is 1. The van der Waals surface area contributed by atoms with Gasteiger partial charge in [0.1, 0.15) is 0 Å². The molecular weight excluding hydrogens is 236 g/mol. The highest BCUT2D eigenvalue weighted by molar-refractivity contribution is 5.18. The van der Waals surface area contributed by atoms with E-state index in [1.165, 1.54) is 6.07 Å². The van der Waals surface area contributed by atoms with E-state index < -0.39 is 11.6 Å². The summed E-state index contributed by atoms with van der Waals surface area (Å²) in [5.41, 5.74) is 0.312. The Balaban J connectivity index is 1.95. The van der Waals surface area contributed by atoms with E-state index in [0.29, 0.717) is 5.56 Å². The lowest BCUT2D eigenvalue weighted by Crippen LogP contribution is -2.38. The third kappa shape index (κ3) is 3.27. The normalized spacial score (nSPS) is 24.8. The van der Waals surface area contributed by atoms with Crippen molar-refractivity contribution in [1.82, 2.24) is 5.32 Å². The van der Waals surface area contributed by atoms with E-state index in [1.807, 2.05) is 0 Å². The first kappa shape index (κ1) is 13.4. The van der Waals surface area contributed by atoms with Crippen LogP contribution >= 0.6 is 0 Å². The van der Waals surface area contributed by atoms with Crippen molar-refractivity contribution >= 4 is 0 Å². The van der Waals surface area contributed by atoms with Crippen LogP contribution in [0.25, 0.3) is 0 Å². The van der Waals surface area contributed by atoms with E-state index in [2.05, 4.69) is 5.32 Å². The summed E-state index contributed by atoms with van der Waals surface area (Å²) in [4.78, 5) is 0. The van der Waals surface area contributed by atoms with Gasteiger partial charge >= 0.3 is 0 Å². The molecule has 0 spiro atoms. The molecule has 0 amide bonds. The molecule has 1 aromatic carbocycles. The molecular formula is C14H19F2NO. The Kier molecular flexibility index (Phi) is 4.66. The minimum Gasteiger partial charge on any atom is -0.392 e. The van der Waals surface area contributed by atoms with Crippen molar-refractivity contribution < 1.29 is 13.9 Å². The second kappa shape index (κ2) is 6.25. The fourth-order valence-electron chi connectivity index (χ4n) is 2.45. The van der Waals surface area contributed by atoms with E-state index in [4.69, 9.17) is 0 Å². The Hall–Kier alpha value is -1.00. The number of aliphatic hydroxyl groups excluding tert-OH is 1. The van der Waals surface area contributed by atoms with Gasteiger partial charge in [0.2, 0.25) is 0 Å². The largest absolute Gasteiger partial charge is 0.392 e. The van der Waals surface area contributed by atoms with Crippen LogP contribution in [-0.2, 0) is 6.54 Å². The third-order valence-electron chi connectivity index (χ3n) is 3.57. The SMILES string of the molecule is OC1CCCCCC1NCc1cccc(F)c1F. The van der Waals surface area contributed by atoms with Gasteiger partial charge in [0.05, 0.1) is 6.10 Å². The smallest absolute Gasteiger partial charge is 0.163 e. The maximum atomic E-state index is 13.5. The van der Waals surface area contributed by atoms with Gasteiger partial charge in [0.15, 0.2) is 11.6 Å². The Morgan fingerprint density at radius 1 is 1.17 bits per heavy atom. The summed E-state index contributed by atoms with van der Waals surface area (Å²) < 4.78 is 26.5. The average molecular weight is 255 g/mol. The molecule has 1 aromatic rings. The Labute approximate surface area is 106 Å². The molecule has 1 aliphatic rings. The predicted octanol–water partition coefficient (Wildman–Crippen LogP) is 2.75. The Morgan fingerprint density at radius 3 is 2.78 bits per heavy atom. The number of halogens is 2. The first-order chi connectivity index (χ1) is 8.68. The number of nitrogens with one attached hydrogen (secondary N) is 1. The molecule has 0 heterocycles. The zero-order valence-corrected chi connectivity index (χ0v) is 10.3. The summed E-state index contributed by atoms with van der Waals surface area (Å²) >= 11 is 0. The summed E-state index contributed by atoms with van der Waals surface area (Å²) in [6.07, 6.45) is 4.52. The van der Waals surface area contributed by atoms with Crippen LogP contribution in [0.4, 0.5) is 8.78 Å². The number of hydrogen-bond donors (Lipinski definition) is 2. The second-order valence-electron chi connectivity index (χ2n) is 4.91. The van der Waals surface area contributed by atoms with Crippen molar-refractivity contribution in [1.29, 1.82) is 0 Å². The van der Waals surface area contributed by atoms with Crippen molar-refractivity contribution in [2.45, 2.75) is 50.8 Å². The van der Waals surface area contributed by atoms with Crippen LogP contribution in [0.3, 0.4) is 0 Å². The summed E-state index contributed by atoms with van der Waals surface area (Å²) in [5, 5.41) is 13.1. The summed E-state index contributed by atoms with van der Waals surface area (Å²) in [7, 11) is 0.